The molecule has 1 atom stereocenters. The number of piperazine rings is 1. The zero-order valence-corrected chi connectivity index (χ0v) is 18.8. The van der Waals surface area contributed by atoms with Crippen LogP contribution in [0.25, 0.3) is 10.9 Å². The Kier molecular flexibility index (Phi) is 5.21. The summed E-state index contributed by atoms with van der Waals surface area (Å²) in [5.74, 6) is 0.972. The van der Waals surface area contributed by atoms with E-state index in [0.717, 1.165) is 30.5 Å². The number of nitrogens with zero attached hydrogens (tertiary/aromatic N) is 3. The van der Waals surface area contributed by atoms with Gasteiger partial charge in [0.25, 0.3) is 0 Å². The van der Waals surface area contributed by atoms with Crippen molar-refractivity contribution in [2.75, 3.05) is 26.2 Å². The summed E-state index contributed by atoms with van der Waals surface area (Å²) in [4.78, 5) is 14.8. The highest BCUT2D eigenvalue weighted by Gasteiger charge is 2.36. The molecule has 0 spiro atoms. The average Bonchev–Trinajstić information content (AvgIpc) is 3.48. The van der Waals surface area contributed by atoms with Gasteiger partial charge < -0.3 is 15.2 Å². The highest BCUT2D eigenvalue weighted by Crippen LogP contribution is 2.46. The molecule has 2 aromatic rings. The molecule has 1 aromatic carbocycles. The molecule has 3 aliphatic rings. The molecule has 2 saturated carbocycles. The van der Waals surface area contributed by atoms with Gasteiger partial charge in [-0.15, -0.1) is 0 Å². The lowest BCUT2D eigenvalue weighted by Crippen LogP contribution is -2.50. The number of rotatable bonds is 4. The number of fused-ring (bicyclic) bond motifs is 1. The Hall–Kier alpha value is -2.12. The number of carbonyl (C=O) groups is 1. The Labute approximate surface area is 183 Å². The number of hydrogen-bond donors (Lipinski definition) is 2. The topological polar surface area (TPSA) is 79.6 Å². The average molecular weight is 427 g/mol. The van der Waals surface area contributed by atoms with Gasteiger partial charge in [-0.05, 0) is 64.0 Å². The van der Waals surface area contributed by atoms with Gasteiger partial charge in [-0.1, -0.05) is 12.1 Å². The largest absolute Gasteiger partial charge is 0.444 e. The second-order valence-corrected chi connectivity index (χ2v) is 10.4. The van der Waals surface area contributed by atoms with Crippen molar-refractivity contribution in [3.8, 4) is 0 Å². The minimum absolute atomic E-state index is 0.0627. The first-order valence-corrected chi connectivity index (χ1v) is 11.7. The van der Waals surface area contributed by atoms with E-state index in [1.165, 1.54) is 23.9 Å². The van der Waals surface area contributed by atoms with Crippen LogP contribution in [0.1, 0.15) is 75.7 Å². The molecule has 7 nitrogen and oxygen atoms in total. The zero-order valence-electron chi connectivity index (χ0n) is 18.8. The fraction of sp³-hybridized carbons (Fsp3) is 0.667. The van der Waals surface area contributed by atoms with Gasteiger partial charge in [0.2, 0.25) is 0 Å². The number of aliphatic hydroxyl groups excluding tert-OH is 1. The number of carbonyl (C=O) groups excluding carboxylic acids is 1. The van der Waals surface area contributed by atoms with Crippen molar-refractivity contribution < 1.29 is 14.6 Å². The number of aliphatic hydroxyl groups is 1. The molecular weight excluding hydrogens is 392 g/mol. The SMILES string of the molecule is CC(C)(C)OC(=O)N1CCNCC1c1ccc2c(C3CC3)nn(C3CC(CO)C3)c2c1. The van der Waals surface area contributed by atoms with Gasteiger partial charge in [0.05, 0.1) is 23.3 Å². The van der Waals surface area contributed by atoms with Gasteiger partial charge in [0, 0.05) is 37.5 Å². The molecular formula is C24H34N4O3. The monoisotopic (exact) mass is 426 g/mol. The molecule has 2 heterocycles. The molecule has 1 aliphatic heterocycles. The minimum atomic E-state index is -0.512. The smallest absolute Gasteiger partial charge is 0.410 e. The van der Waals surface area contributed by atoms with Crippen LogP contribution in [0.3, 0.4) is 0 Å². The minimum Gasteiger partial charge on any atom is -0.444 e. The van der Waals surface area contributed by atoms with Crippen molar-refractivity contribution in [3.05, 3.63) is 29.5 Å². The fourth-order valence-corrected chi connectivity index (χ4v) is 4.91. The molecule has 1 saturated heterocycles. The van der Waals surface area contributed by atoms with E-state index in [-0.39, 0.29) is 18.7 Å². The molecule has 2 N–H and O–H groups in total. The van der Waals surface area contributed by atoms with Gasteiger partial charge in [0.1, 0.15) is 5.60 Å². The first kappa shape index (κ1) is 20.8. The standard InChI is InChI=1S/C24H34N4O3/c1-24(2,3)31-23(30)27-9-8-25-13-21(27)17-6-7-19-20(12-17)28(18-10-15(11-18)14-29)26-22(19)16-4-5-16/h6-7,12,15-16,18,21,25,29H,4-5,8-11,13-14H2,1-3H3. The van der Waals surface area contributed by atoms with Crippen LogP contribution in [-0.4, -0.2) is 57.7 Å². The highest BCUT2D eigenvalue weighted by molar-refractivity contribution is 5.84. The van der Waals surface area contributed by atoms with Crippen LogP contribution in [-0.2, 0) is 4.74 Å². The molecule has 31 heavy (non-hydrogen) atoms. The molecule has 0 bridgehead atoms. The normalized spacial score (nSPS) is 26.7. The maximum Gasteiger partial charge on any atom is 0.410 e. The predicted octanol–water partition coefficient (Wildman–Crippen LogP) is 3.74. The van der Waals surface area contributed by atoms with Crippen LogP contribution in [0.2, 0.25) is 0 Å². The Morgan fingerprint density at radius 1 is 1.29 bits per heavy atom. The van der Waals surface area contributed by atoms with Gasteiger partial charge in [-0.2, -0.15) is 5.10 Å². The Morgan fingerprint density at radius 3 is 2.74 bits per heavy atom. The lowest BCUT2D eigenvalue weighted by atomic mass is 9.81. The van der Waals surface area contributed by atoms with E-state index < -0.39 is 5.60 Å². The van der Waals surface area contributed by atoms with E-state index in [0.29, 0.717) is 31.0 Å². The number of hydrogen-bond acceptors (Lipinski definition) is 5. The molecule has 168 valence electrons. The van der Waals surface area contributed by atoms with Crippen molar-refractivity contribution in [3.63, 3.8) is 0 Å². The molecule has 2 aliphatic carbocycles. The van der Waals surface area contributed by atoms with Gasteiger partial charge in [0.15, 0.2) is 0 Å². The first-order valence-electron chi connectivity index (χ1n) is 11.7. The van der Waals surface area contributed by atoms with E-state index in [2.05, 4.69) is 28.2 Å². The van der Waals surface area contributed by atoms with Gasteiger partial charge in [-0.25, -0.2) is 4.79 Å². The Bertz CT molecular complexity index is 969. The van der Waals surface area contributed by atoms with Crippen LogP contribution in [0.4, 0.5) is 4.79 Å². The summed E-state index contributed by atoms with van der Waals surface area (Å²) in [6, 6.07) is 6.88. The maximum atomic E-state index is 12.9. The number of benzene rings is 1. The summed E-state index contributed by atoms with van der Waals surface area (Å²) in [6.45, 7) is 8.09. The first-order chi connectivity index (χ1) is 14.8. The zero-order chi connectivity index (χ0) is 21.8. The van der Waals surface area contributed by atoms with Crippen molar-refractivity contribution in [2.24, 2.45) is 5.92 Å². The highest BCUT2D eigenvalue weighted by atomic mass is 16.6. The van der Waals surface area contributed by atoms with E-state index >= 15 is 0 Å². The summed E-state index contributed by atoms with van der Waals surface area (Å²) < 4.78 is 7.89. The molecule has 1 unspecified atom stereocenters. The van der Waals surface area contributed by atoms with E-state index in [9.17, 15) is 9.90 Å². The van der Waals surface area contributed by atoms with E-state index in [1.54, 1.807) is 0 Å². The molecule has 7 heteroatoms. The third-order valence-corrected chi connectivity index (χ3v) is 6.80. The third kappa shape index (κ3) is 4.05. The quantitative estimate of drug-likeness (QED) is 0.779. The van der Waals surface area contributed by atoms with Crippen molar-refractivity contribution in [1.29, 1.82) is 0 Å². The summed E-state index contributed by atoms with van der Waals surface area (Å²) in [7, 11) is 0. The van der Waals surface area contributed by atoms with Crippen molar-refractivity contribution in [2.45, 2.75) is 70.1 Å². The lowest BCUT2D eigenvalue weighted by molar-refractivity contribution is 0.0118. The number of amides is 1. The van der Waals surface area contributed by atoms with Crippen LogP contribution in [0.15, 0.2) is 18.2 Å². The van der Waals surface area contributed by atoms with Crippen LogP contribution < -0.4 is 5.32 Å². The fourth-order valence-electron chi connectivity index (χ4n) is 4.91. The lowest BCUT2D eigenvalue weighted by Gasteiger charge is -2.37. The van der Waals surface area contributed by atoms with Gasteiger partial charge in [-0.3, -0.25) is 9.58 Å². The molecule has 0 radical (unpaired) electrons. The van der Waals surface area contributed by atoms with E-state index in [1.807, 2.05) is 25.7 Å². The molecule has 1 amide bonds. The third-order valence-electron chi connectivity index (χ3n) is 6.80. The maximum absolute atomic E-state index is 12.9. The van der Waals surface area contributed by atoms with Crippen LogP contribution in [0, 0.1) is 5.92 Å². The van der Waals surface area contributed by atoms with Crippen LogP contribution >= 0.6 is 0 Å². The second kappa shape index (κ2) is 7.78. The number of nitrogens with one attached hydrogen (secondary N) is 1. The Balaban J connectivity index is 1.48. The number of aromatic nitrogens is 2. The van der Waals surface area contributed by atoms with Crippen LogP contribution in [0.5, 0.6) is 0 Å². The predicted molar refractivity (Wildman–Crippen MR) is 119 cm³/mol. The summed E-state index contributed by atoms with van der Waals surface area (Å²) in [6.07, 6.45) is 4.15. The summed E-state index contributed by atoms with van der Waals surface area (Å²) in [5.41, 5.74) is 2.99. The van der Waals surface area contributed by atoms with Crippen molar-refractivity contribution >= 4 is 17.0 Å². The second-order valence-electron chi connectivity index (χ2n) is 10.4. The summed E-state index contributed by atoms with van der Waals surface area (Å²) >= 11 is 0. The van der Waals surface area contributed by atoms with Gasteiger partial charge >= 0.3 is 6.09 Å². The molecule has 1 aromatic heterocycles. The Morgan fingerprint density at radius 2 is 2.06 bits per heavy atom. The summed E-state index contributed by atoms with van der Waals surface area (Å²) in [5, 5.41) is 19.2. The number of ether oxygens (including phenoxy) is 1. The van der Waals surface area contributed by atoms with E-state index in [4.69, 9.17) is 9.84 Å². The molecule has 3 fully saturated rings. The van der Waals surface area contributed by atoms with Crippen molar-refractivity contribution in [1.82, 2.24) is 20.0 Å². The molecule has 5 rings (SSSR count).